The summed E-state index contributed by atoms with van der Waals surface area (Å²) in [6, 6.07) is 4.92. The predicted molar refractivity (Wildman–Crippen MR) is 76.9 cm³/mol. The van der Waals surface area contributed by atoms with Gasteiger partial charge in [0.1, 0.15) is 12.6 Å². The van der Waals surface area contributed by atoms with E-state index in [2.05, 4.69) is 10.5 Å². The lowest BCUT2D eigenvalue weighted by molar-refractivity contribution is -0.142. The Balaban J connectivity index is 2.16. The van der Waals surface area contributed by atoms with E-state index in [0.717, 1.165) is 4.90 Å². The van der Waals surface area contributed by atoms with Crippen molar-refractivity contribution in [1.29, 1.82) is 0 Å². The molecule has 0 bridgehead atoms. The molecule has 0 aromatic heterocycles. The maximum Gasteiger partial charge on any atom is 0.329 e. The third-order valence-electron chi connectivity index (χ3n) is 3.17. The van der Waals surface area contributed by atoms with Gasteiger partial charge in [-0.3, -0.25) is 9.59 Å². The van der Waals surface area contributed by atoms with Crippen molar-refractivity contribution in [3.63, 3.8) is 0 Å². The van der Waals surface area contributed by atoms with Crippen LogP contribution in [-0.4, -0.2) is 41.5 Å². The molecule has 116 valence electrons. The third-order valence-corrected chi connectivity index (χ3v) is 3.17. The lowest BCUT2D eigenvalue weighted by atomic mass is 10.1. The van der Waals surface area contributed by atoms with E-state index in [4.69, 9.17) is 9.94 Å². The standard InChI is InChI=1S/C14H15N3O5/c1-8(16-21)10-3-5-11(6-4-10)17-13(19)12(15-14(17)20)7-22-9(2)18/h3-6,12,21H,7H2,1-2H3,(H,15,20). The van der Waals surface area contributed by atoms with Gasteiger partial charge in [-0.2, -0.15) is 0 Å². The highest BCUT2D eigenvalue weighted by atomic mass is 16.5. The van der Waals surface area contributed by atoms with Gasteiger partial charge in [0.15, 0.2) is 0 Å². The number of rotatable bonds is 4. The molecule has 1 heterocycles. The van der Waals surface area contributed by atoms with Gasteiger partial charge < -0.3 is 15.3 Å². The van der Waals surface area contributed by atoms with E-state index >= 15 is 0 Å². The van der Waals surface area contributed by atoms with Crippen molar-refractivity contribution in [1.82, 2.24) is 5.32 Å². The van der Waals surface area contributed by atoms with Gasteiger partial charge in [0.05, 0.1) is 11.4 Å². The number of hydrogen-bond acceptors (Lipinski definition) is 6. The van der Waals surface area contributed by atoms with Crippen LogP contribution >= 0.6 is 0 Å². The molecule has 1 fully saturated rings. The molecule has 0 aliphatic carbocycles. The Morgan fingerprint density at radius 2 is 1.95 bits per heavy atom. The summed E-state index contributed by atoms with van der Waals surface area (Å²) in [6.07, 6.45) is 0. The molecule has 8 nitrogen and oxygen atoms in total. The Morgan fingerprint density at radius 1 is 1.32 bits per heavy atom. The van der Waals surface area contributed by atoms with Crippen LogP contribution in [0.25, 0.3) is 0 Å². The normalized spacial score (nSPS) is 18.4. The fourth-order valence-electron chi connectivity index (χ4n) is 2.00. The van der Waals surface area contributed by atoms with E-state index in [-0.39, 0.29) is 6.61 Å². The first-order valence-electron chi connectivity index (χ1n) is 6.51. The molecule has 1 aliphatic heterocycles. The van der Waals surface area contributed by atoms with Crippen molar-refractivity contribution >= 4 is 29.3 Å². The zero-order valence-corrected chi connectivity index (χ0v) is 12.1. The van der Waals surface area contributed by atoms with Crippen molar-refractivity contribution < 1.29 is 24.3 Å². The Bertz CT molecular complexity index is 638. The molecule has 22 heavy (non-hydrogen) atoms. The van der Waals surface area contributed by atoms with E-state index < -0.39 is 23.9 Å². The number of nitrogens with one attached hydrogen (secondary N) is 1. The van der Waals surface area contributed by atoms with E-state index in [1.807, 2.05) is 0 Å². The van der Waals surface area contributed by atoms with Crippen molar-refractivity contribution in [2.75, 3.05) is 11.5 Å². The minimum absolute atomic E-state index is 0.204. The lowest BCUT2D eigenvalue weighted by Crippen LogP contribution is -2.35. The zero-order chi connectivity index (χ0) is 16.3. The number of esters is 1. The second kappa shape index (κ2) is 6.25. The first kappa shape index (κ1) is 15.5. The topological polar surface area (TPSA) is 108 Å². The second-order valence-electron chi connectivity index (χ2n) is 4.71. The van der Waals surface area contributed by atoms with Crippen molar-refractivity contribution in [2.24, 2.45) is 5.16 Å². The SMILES string of the molecule is CC(=O)OCC1NC(=O)N(c2ccc(C(C)=NO)cc2)C1=O. The van der Waals surface area contributed by atoms with Crippen LogP contribution in [0, 0.1) is 0 Å². The minimum Gasteiger partial charge on any atom is -0.463 e. The summed E-state index contributed by atoms with van der Waals surface area (Å²) in [5.41, 5.74) is 1.45. The Kier molecular flexibility index (Phi) is 4.40. The van der Waals surface area contributed by atoms with Crippen molar-refractivity contribution in [2.45, 2.75) is 19.9 Å². The maximum absolute atomic E-state index is 12.2. The molecule has 1 aromatic rings. The van der Waals surface area contributed by atoms with Crippen molar-refractivity contribution in [3.05, 3.63) is 29.8 Å². The second-order valence-corrected chi connectivity index (χ2v) is 4.71. The van der Waals surface area contributed by atoms with Gasteiger partial charge in [0, 0.05) is 6.92 Å². The number of carbonyl (C=O) groups is 3. The number of anilines is 1. The molecule has 0 radical (unpaired) electrons. The molecular formula is C14H15N3O5. The van der Waals surface area contributed by atoms with Gasteiger partial charge in [-0.25, -0.2) is 9.69 Å². The maximum atomic E-state index is 12.2. The van der Waals surface area contributed by atoms with Crippen LogP contribution in [0.2, 0.25) is 0 Å². The van der Waals surface area contributed by atoms with Gasteiger partial charge in [0.25, 0.3) is 5.91 Å². The average Bonchev–Trinajstić information content (AvgIpc) is 2.79. The summed E-state index contributed by atoms with van der Waals surface area (Å²) >= 11 is 0. The lowest BCUT2D eigenvalue weighted by Gasteiger charge is -2.13. The largest absolute Gasteiger partial charge is 0.463 e. The number of hydrogen-bond donors (Lipinski definition) is 2. The molecule has 1 saturated heterocycles. The quantitative estimate of drug-likeness (QED) is 0.282. The number of nitrogens with zero attached hydrogens (tertiary/aromatic N) is 2. The van der Waals surface area contributed by atoms with Crippen LogP contribution in [0.5, 0.6) is 0 Å². The Hall–Kier alpha value is -2.90. The summed E-state index contributed by atoms with van der Waals surface area (Å²) in [5, 5.41) is 14.2. The van der Waals surface area contributed by atoms with E-state index in [0.29, 0.717) is 17.0 Å². The van der Waals surface area contributed by atoms with Crippen LogP contribution in [0.1, 0.15) is 19.4 Å². The molecular weight excluding hydrogens is 290 g/mol. The first-order valence-corrected chi connectivity index (χ1v) is 6.51. The van der Waals surface area contributed by atoms with Gasteiger partial charge in [-0.1, -0.05) is 17.3 Å². The average molecular weight is 305 g/mol. The molecule has 0 spiro atoms. The minimum atomic E-state index is -0.892. The predicted octanol–water partition coefficient (Wildman–Crippen LogP) is 0.873. The molecule has 0 saturated carbocycles. The van der Waals surface area contributed by atoms with Crippen LogP contribution in [-0.2, 0) is 14.3 Å². The third kappa shape index (κ3) is 3.05. The molecule has 1 unspecified atom stereocenters. The number of amides is 3. The molecule has 1 aliphatic rings. The first-order chi connectivity index (χ1) is 10.4. The molecule has 8 heteroatoms. The van der Waals surface area contributed by atoms with E-state index in [9.17, 15) is 14.4 Å². The van der Waals surface area contributed by atoms with Crippen LogP contribution < -0.4 is 10.2 Å². The number of urea groups is 1. The summed E-state index contributed by atoms with van der Waals surface area (Å²) in [6.45, 7) is 2.64. The van der Waals surface area contributed by atoms with Gasteiger partial charge in [-0.15, -0.1) is 0 Å². The summed E-state index contributed by atoms with van der Waals surface area (Å²) in [7, 11) is 0. The Labute approximate surface area is 126 Å². The van der Waals surface area contributed by atoms with Gasteiger partial charge in [-0.05, 0) is 24.6 Å². The monoisotopic (exact) mass is 305 g/mol. The number of ether oxygens (including phenoxy) is 1. The summed E-state index contributed by atoms with van der Waals surface area (Å²) < 4.78 is 4.75. The fourth-order valence-corrected chi connectivity index (χ4v) is 2.00. The number of imide groups is 1. The number of benzene rings is 1. The van der Waals surface area contributed by atoms with Crippen LogP contribution in [0.4, 0.5) is 10.5 Å². The van der Waals surface area contributed by atoms with Crippen molar-refractivity contribution in [3.8, 4) is 0 Å². The molecule has 2 N–H and O–H groups in total. The Morgan fingerprint density at radius 3 is 2.50 bits per heavy atom. The van der Waals surface area contributed by atoms with E-state index in [1.54, 1.807) is 31.2 Å². The highest BCUT2D eigenvalue weighted by Gasteiger charge is 2.39. The van der Waals surface area contributed by atoms with Gasteiger partial charge >= 0.3 is 12.0 Å². The van der Waals surface area contributed by atoms with Gasteiger partial charge in [0.2, 0.25) is 0 Å². The zero-order valence-electron chi connectivity index (χ0n) is 12.1. The summed E-state index contributed by atoms with van der Waals surface area (Å²) in [4.78, 5) is 35.9. The fraction of sp³-hybridized carbons (Fsp3) is 0.286. The molecule has 1 aromatic carbocycles. The molecule has 1 atom stereocenters. The number of carbonyl (C=O) groups excluding carboxylic acids is 3. The highest BCUT2D eigenvalue weighted by molar-refractivity contribution is 6.21. The number of oxime groups is 1. The highest BCUT2D eigenvalue weighted by Crippen LogP contribution is 2.20. The van der Waals surface area contributed by atoms with E-state index in [1.165, 1.54) is 6.92 Å². The summed E-state index contributed by atoms with van der Waals surface area (Å²) in [5.74, 6) is -1.02. The van der Waals surface area contributed by atoms with Crippen LogP contribution in [0.3, 0.4) is 0 Å². The smallest absolute Gasteiger partial charge is 0.329 e. The van der Waals surface area contributed by atoms with Crippen LogP contribution in [0.15, 0.2) is 29.4 Å². The molecule has 3 amide bonds. The molecule has 2 rings (SSSR count).